The van der Waals surface area contributed by atoms with Crippen LogP contribution in [0, 0.1) is 19.7 Å². The number of anilines is 1. The first-order valence-corrected chi connectivity index (χ1v) is 11.6. The normalized spacial score (nSPS) is 11.6. The van der Waals surface area contributed by atoms with E-state index in [9.17, 15) is 12.8 Å². The Morgan fingerprint density at radius 1 is 1.07 bits per heavy atom. The van der Waals surface area contributed by atoms with Gasteiger partial charge in [0.1, 0.15) is 15.7 Å². The van der Waals surface area contributed by atoms with Gasteiger partial charge in [0, 0.05) is 23.7 Å². The van der Waals surface area contributed by atoms with Crippen LogP contribution in [0.5, 0.6) is 0 Å². The highest BCUT2D eigenvalue weighted by Gasteiger charge is 2.24. The Hall–Kier alpha value is -2.97. The van der Waals surface area contributed by atoms with E-state index in [2.05, 4.69) is 9.71 Å². The summed E-state index contributed by atoms with van der Waals surface area (Å²) in [5.41, 5.74) is 3.75. The number of hydrogen-bond donors (Lipinski definition) is 1. The van der Waals surface area contributed by atoms with Crippen LogP contribution in [-0.4, -0.2) is 18.0 Å². The van der Waals surface area contributed by atoms with E-state index in [0.29, 0.717) is 17.0 Å². The molecule has 2 aromatic carbocycles. The van der Waals surface area contributed by atoms with Crippen molar-refractivity contribution < 1.29 is 12.8 Å². The van der Waals surface area contributed by atoms with E-state index in [0.717, 1.165) is 16.3 Å². The fraction of sp³-hybridized carbons (Fsp3) is 0.136. The molecule has 0 fully saturated rings. The number of hydrogen-bond acceptors (Lipinski definition) is 4. The summed E-state index contributed by atoms with van der Waals surface area (Å²) in [7, 11) is -2.08. The highest BCUT2D eigenvalue weighted by atomic mass is 32.2. The molecule has 0 aliphatic carbocycles. The second-order valence-corrected chi connectivity index (χ2v) is 9.52. The Bertz CT molecular complexity index is 1330. The van der Waals surface area contributed by atoms with Gasteiger partial charge in [-0.3, -0.25) is 4.72 Å². The van der Waals surface area contributed by atoms with Gasteiger partial charge in [-0.05, 0) is 37.6 Å². The molecule has 0 amide bonds. The minimum Gasteiger partial charge on any atom is -0.345 e. The van der Waals surface area contributed by atoms with Gasteiger partial charge in [0.2, 0.25) is 0 Å². The zero-order valence-corrected chi connectivity index (χ0v) is 18.3. The molecular formula is C22H20FN3O2S2. The Kier molecular flexibility index (Phi) is 5.21. The molecular weight excluding hydrogens is 421 g/mol. The van der Waals surface area contributed by atoms with Crippen molar-refractivity contribution >= 4 is 27.0 Å². The maximum Gasteiger partial charge on any atom is 0.263 e. The van der Waals surface area contributed by atoms with Crippen LogP contribution in [0.1, 0.15) is 11.3 Å². The van der Waals surface area contributed by atoms with E-state index in [-0.39, 0.29) is 10.6 Å². The van der Waals surface area contributed by atoms with Crippen molar-refractivity contribution in [2.45, 2.75) is 18.7 Å². The minimum atomic E-state index is -3.89. The van der Waals surface area contributed by atoms with Crippen LogP contribution in [0.25, 0.3) is 22.0 Å². The van der Waals surface area contributed by atoms with E-state index in [1.165, 1.54) is 23.5 Å². The first-order chi connectivity index (χ1) is 14.3. The monoisotopic (exact) mass is 441 g/mol. The molecule has 2 heterocycles. The third-order valence-electron chi connectivity index (χ3n) is 5.00. The molecule has 0 radical (unpaired) electrons. The molecule has 154 valence electrons. The highest BCUT2D eigenvalue weighted by molar-refractivity contribution is 7.92. The van der Waals surface area contributed by atoms with E-state index in [4.69, 9.17) is 0 Å². The summed E-state index contributed by atoms with van der Waals surface area (Å²) < 4.78 is 44.1. The fourth-order valence-corrected chi connectivity index (χ4v) is 5.37. The number of aryl methyl sites for hydroxylation is 1. The molecule has 0 unspecified atom stereocenters. The summed E-state index contributed by atoms with van der Waals surface area (Å²) in [5.74, 6) is -0.461. The largest absolute Gasteiger partial charge is 0.345 e. The molecule has 30 heavy (non-hydrogen) atoms. The van der Waals surface area contributed by atoms with Gasteiger partial charge in [-0.1, -0.05) is 36.4 Å². The predicted molar refractivity (Wildman–Crippen MR) is 119 cm³/mol. The van der Waals surface area contributed by atoms with Gasteiger partial charge in [-0.2, -0.15) is 0 Å². The van der Waals surface area contributed by atoms with Gasteiger partial charge in [0.05, 0.1) is 17.1 Å². The summed E-state index contributed by atoms with van der Waals surface area (Å²) in [6, 6.07) is 15.7. The molecule has 2 aromatic heterocycles. The molecule has 0 saturated heterocycles. The minimum absolute atomic E-state index is 0.137. The molecule has 5 nitrogen and oxygen atoms in total. The van der Waals surface area contributed by atoms with Crippen molar-refractivity contribution in [1.29, 1.82) is 0 Å². The van der Waals surface area contributed by atoms with Crippen molar-refractivity contribution in [3.63, 3.8) is 0 Å². The lowest BCUT2D eigenvalue weighted by atomic mass is 10.2. The molecule has 1 N–H and O–H groups in total. The van der Waals surface area contributed by atoms with Crippen LogP contribution in [-0.2, 0) is 17.1 Å². The smallest absolute Gasteiger partial charge is 0.263 e. The van der Waals surface area contributed by atoms with Crippen LogP contribution in [0.3, 0.4) is 0 Å². The first-order valence-electron chi connectivity index (χ1n) is 9.23. The molecule has 0 spiro atoms. The lowest BCUT2D eigenvalue weighted by Crippen LogP contribution is -2.14. The Morgan fingerprint density at radius 3 is 2.50 bits per heavy atom. The zero-order chi connectivity index (χ0) is 21.5. The molecule has 0 aliphatic rings. The van der Waals surface area contributed by atoms with Crippen LogP contribution in [0.15, 0.2) is 64.9 Å². The van der Waals surface area contributed by atoms with Crippen LogP contribution in [0.2, 0.25) is 0 Å². The first kappa shape index (κ1) is 20.3. The average molecular weight is 442 g/mol. The highest BCUT2D eigenvalue weighted by Crippen LogP contribution is 2.33. The van der Waals surface area contributed by atoms with Gasteiger partial charge in [0.15, 0.2) is 0 Å². The zero-order valence-electron chi connectivity index (χ0n) is 16.7. The molecule has 8 heteroatoms. The summed E-state index contributed by atoms with van der Waals surface area (Å²) in [6.45, 7) is 3.36. The summed E-state index contributed by atoms with van der Waals surface area (Å²) in [4.78, 5) is 4.82. The number of aromatic nitrogens is 2. The second-order valence-electron chi connectivity index (χ2n) is 7.01. The number of nitrogens with zero attached hydrogens (tertiary/aromatic N) is 2. The van der Waals surface area contributed by atoms with E-state index >= 15 is 0 Å². The molecule has 0 bridgehead atoms. The standard InChI is InChI=1S/C22H20FN3O2S2/c1-14-9-10-17(11-18(14)23)25-30(27,28)21-12-20(26(3)15(21)2)22-24-19(13-29-22)16-7-5-4-6-8-16/h4-13,25H,1-3H3. The Morgan fingerprint density at radius 2 is 1.80 bits per heavy atom. The maximum absolute atomic E-state index is 13.8. The van der Waals surface area contributed by atoms with Crippen molar-refractivity contribution in [2.75, 3.05) is 4.72 Å². The van der Waals surface area contributed by atoms with Crippen molar-refractivity contribution in [3.05, 3.63) is 77.1 Å². The molecule has 4 rings (SSSR count). The number of rotatable bonds is 5. The fourth-order valence-electron chi connectivity index (χ4n) is 3.15. The van der Waals surface area contributed by atoms with E-state index < -0.39 is 15.8 Å². The Labute approximate surface area is 178 Å². The summed E-state index contributed by atoms with van der Waals surface area (Å²) in [5, 5.41) is 2.68. The van der Waals surface area contributed by atoms with Crippen molar-refractivity contribution in [1.82, 2.24) is 9.55 Å². The summed E-state index contributed by atoms with van der Waals surface area (Å²) in [6.07, 6.45) is 0. The number of nitrogens with one attached hydrogen (secondary N) is 1. The summed E-state index contributed by atoms with van der Waals surface area (Å²) >= 11 is 1.46. The van der Waals surface area contributed by atoms with Gasteiger partial charge < -0.3 is 4.57 Å². The molecule has 0 aliphatic heterocycles. The van der Waals surface area contributed by atoms with Crippen LogP contribution >= 0.6 is 11.3 Å². The van der Waals surface area contributed by atoms with Gasteiger partial charge in [0.25, 0.3) is 10.0 Å². The van der Waals surface area contributed by atoms with Crippen LogP contribution in [0.4, 0.5) is 10.1 Å². The lowest BCUT2D eigenvalue weighted by Gasteiger charge is -2.09. The van der Waals surface area contributed by atoms with E-state index in [1.807, 2.05) is 35.7 Å². The number of thiazole rings is 1. The molecule has 0 atom stereocenters. The van der Waals surface area contributed by atoms with Gasteiger partial charge in [-0.25, -0.2) is 17.8 Å². The SMILES string of the molecule is Cc1ccc(NS(=O)(=O)c2cc(-c3nc(-c4ccccc4)cs3)n(C)c2C)cc1F. The third-order valence-corrected chi connectivity index (χ3v) is 7.36. The van der Waals surface area contributed by atoms with Gasteiger partial charge in [-0.15, -0.1) is 11.3 Å². The van der Waals surface area contributed by atoms with Crippen molar-refractivity contribution in [3.8, 4) is 22.0 Å². The number of sulfonamides is 1. The topological polar surface area (TPSA) is 64.0 Å². The second kappa shape index (κ2) is 7.70. The number of benzene rings is 2. The predicted octanol–water partition coefficient (Wildman–Crippen LogP) is 5.37. The van der Waals surface area contributed by atoms with Gasteiger partial charge >= 0.3 is 0 Å². The third kappa shape index (κ3) is 3.76. The van der Waals surface area contributed by atoms with E-state index in [1.54, 1.807) is 37.6 Å². The van der Waals surface area contributed by atoms with Crippen molar-refractivity contribution in [2.24, 2.45) is 7.05 Å². The average Bonchev–Trinajstić information content (AvgIpc) is 3.31. The lowest BCUT2D eigenvalue weighted by molar-refractivity contribution is 0.600. The Balaban J connectivity index is 1.69. The van der Waals surface area contributed by atoms with Crippen LogP contribution < -0.4 is 4.72 Å². The molecule has 4 aromatic rings. The maximum atomic E-state index is 13.8. The number of halogens is 1. The quantitative estimate of drug-likeness (QED) is 0.453. The molecule has 0 saturated carbocycles.